The van der Waals surface area contributed by atoms with Crippen molar-refractivity contribution in [2.45, 2.75) is 6.92 Å². The van der Waals surface area contributed by atoms with Crippen LogP contribution < -0.4 is 5.32 Å². The first kappa shape index (κ1) is 14.7. The summed E-state index contributed by atoms with van der Waals surface area (Å²) >= 11 is 12.0. The lowest BCUT2D eigenvalue weighted by atomic mass is 10.3. The Morgan fingerprint density at radius 2 is 2.14 bits per heavy atom. The number of nitrogens with zero attached hydrogens (tertiary/aromatic N) is 3. The normalized spacial score (nSPS) is 10.9. The van der Waals surface area contributed by atoms with Crippen LogP contribution in [0.5, 0.6) is 0 Å². The molecule has 0 saturated heterocycles. The number of carbonyl (C=O) groups is 1. The number of amides is 1. The van der Waals surface area contributed by atoms with Crippen LogP contribution in [0.1, 0.15) is 16.2 Å². The third-order valence-electron chi connectivity index (χ3n) is 3.00. The molecule has 0 bridgehead atoms. The maximum Gasteiger partial charge on any atom is 0.275 e. The van der Waals surface area contributed by atoms with Crippen molar-refractivity contribution in [1.82, 2.24) is 14.4 Å². The monoisotopic (exact) mass is 338 g/mol. The number of carbonyl (C=O) groups excluding carboxylic acids is 1. The van der Waals surface area contributed by atoms with Gasteiger partial charge in [0.25, 0.3) is 5.91 Å². The van der Waals surface area contributed by atoms with Gasteiger partial charge in [-0.1, -0.05) is 23.2 Å². The standard InChI is InChI=1S/C14H9Cl2FN4O/c1-7-12(14(22)20-11-3-2-9(17)5-18-11)21-6-8(15)4-10(16)13(21)19-7/h2-6H,1H3,(H,18,20,22). The number of halogens is 3. The molecule has 0 atom stereocenters. The molecule has 0 aliphatic carbocycles. The summed E-state index contributed by atoms with van der Waals surface area (Å²) in [6, 6.07) is 4.12. The van der Waals surface area contributed by atoms with Crippen LogP contribution in [0.25, 0.3) is 5.65 Å². The van der Waals surface area contributed by atoms with Gasteiger partial charge in [0.1, 0.15) is 17.3 Å². The van der Waals surface area contributed by atoms with Crippen LogP contribution >= 0.6 is 23.2 Å². The number of nitrogens with one attached hydrogen (secondary N) is 1. The van der Waals surface area contributed by atoms with E-state index >= 15 is 0 Å². The molecule has 8 heteroatoms. The third kappa shape index (κ3) is 2.63. The molecule has 0 unspecified atom stereocenters. The van der Waals surface area contributed by atoms with E-state index in [1.54, 1.807) is 19.2 Å². The van der Waals surface area contributed by atoms with Gasteiger partial charge in [0.05, 0.1) is 21.9 Å². The van der Waals surface area contributed by atoms with Gasteiger partial charge in [-0.3, -0.25) is 9.20 Å². The Morgan fingerprint density at radius 3 is 2.82 bits per heavy atom. The minimum absolute atomic E-state index is 0.230. The van der Waals surface area contributed by atoms with Crippen molar-refractivity contribution in [3.05, 3.63) is 57.8 Å². The van der Waals surface area contributed by atoms with Gasteiger partial charge >= 0.3 is 0 Å². The summed E-state index contributed by atoms with van der Waals surface area (Å²) in [5, 5.41) is 3.30. The van der Waals surface area contributed by atoms with Crippen LogP contribution in [0, 0.1) is 12.7 Å². The average Bonchev–Trinajstić information content (AvgIpc) is 2.78. The Balaban J connectivity index is 2.03. The first-order valence-electron chi connectivity index (χ1n) is 6.22. The Bertz CT molecular complexity index is 877. The molecule has 3 aromatic heterocycles. The minimum atomic E-state index is -0.484. The van der Waals surface area contributed by atoms with E-state index in [1.807, 2.05) is 0 Å². The van der Waals surface area contributed by atoms with Gasteiger partial charge in [-0.05, 0) is 25.1 Å². The average molecular weight is 339 g/mol. The molecule has 22 heavy (non-hydrogen) atoms. The van der Waals surface area contributed by atoms with Crippen LogP contribution in [-0.2, 0) is 0 Å². The van der Waals surface area contributed by atoms with Gasteiger partial charge in [-0.15, -0.1) is 0 Å². The number of hydrogen-bond acceptors (Lipinski definition) is 3. The van der Waals surface area contributed by atoms with Gasteiger partial charge < -0.3 is 5.32 Å². The smallest absolute Gasteiger partial charge is 0.275 e. The Morgan fingerprint density at radius 1 is 1.36 bits per heavy atom. The molecule has 0 aliphatic rings. The highest BCUT2D eigenvalue weighted by Crippen LogP contribution is 2.24. The van der Waals surface area contributed by atoms with E-state index < -0.39 is 11.7 Å². The predicted molar refractivity (Wildman–Crippen MR) is 82.1 cm³/mol. The number of imidazole rings is 1. The van der Waals surface area contributed by atoms with Gasteiger partial charge in [-0.25, -0.2) is 14.4 Å². The number of aromatic nitrogens is 3. The van der Waals surface area contributed by atoms with Crippen LogP contribution in [0.2, 0.25) is 10.0 Å². The van der Waals surface area contributed by atoms with Crippen molar-refractivity contribution in [1.29, 1.82) is 0 Å². The quantitative estimate of drug-likeness (QED) is 0.774. The zero-order valence-electron chi connectivity index (χ0n) is 11.3. The molecule has 0 radical (unpaired) electrons. The SMILES string of the molecule is Cc1nc2c(Cl)cc(Cl)cn2c1C(=O)Nc1ccc(F)cn1. The molecule has 3 aromatic rings. The van der Waals surface area contributed by atoms with Crippen molar-refractivity contribution in [2.24, 2.45) is 0 Å². The van der Waals surface area contributed by atoms with Crippen molar-refractivity contribution in [3.63, 3.8) is 0 Å². The second-order valence-corrected chi connectivity index (χ2v) is 5.41. The molecule has 3 rings (SSSR count). The van der Waals surface area contributed by atoms with Crippen LogP contribution in [0.3, 0.4) is 0 Å². The number of fused-ring (bicyclic) bond motifs is 1. The molecular weight excluding hydrogens is 330 g/mol. The lowest BCUT2D eigenvalue weighted by Gasteiger charge is -2.06. The molecule has 112 valence electrons. The largest absolute Gasteiger partial charge is 0.305 e. The fourth-order valence-corrected chi connectivity index (χ4v) is 2.60. The van der Waals surface area contributed by atoms with Crippen LogP contribution in [0.15, 0.2) is 30.6 Å². The summed E-state index contributed by atoms with van der Waals surface area (Å²) in [5.74, 6) is -0.695. The Hall–Kier alpha value is -2.18. The van der Waals surface area contributed by atoms with E-state index in [0.717, 1.165) is 6.20 Å². The van der Waals surface area contributed by atoms with Crippen molar-refractivity contribution in [3.8, 4) is 0 Å². The number of aryl methyl sites for hydroxylation is 1. The summed E-state index contributed by atoms with van der Waals surface area (Å²) in [6.07, 6.45) is 2.57. The maximum atomic E-state index is 12.8. The van der Waals surface area contributed by atoms with E-state index in [2.05, 4.69) is 15.3 Å². The van der Waals surface area contributed by atoms with Crippen molar-refractivity contribution >= 4 is 40.6 Å². The van der Waals surface area contributed by atoms with Gasteiger partial charge in [0.15, 0.2) is 5.65 Å². The summed E-state index contributed by atoms with van der Waals surface area (Å²) < 4.78 is 14.4. The highest BCUT2D eigenvalue weighted by atomic mass is 35.5. The Kier molecular flexibility index (Phi) is 3.72. The highest BCUT2D eigenvalue weighted by molar-refractivity contribution is 6.36. The molecule has 0 fully saturated rings. The fraction of sp³-hybridized carbons (Fsp3) is 0.0714. The van der Waals surface area contributed by atoms with E-state index in [4.69, 9.17) is 23.2 Å². The number of anilines is 1. The summed E-state index contributed by atoms with van der Waals surface area (Å²) in [7, 11) is 0. The van der Waals surface area contributed by atoms with Crippen molar-refractivity contribution < 1.29 is 9.18 Å². The van der Waals surface area contributed by atoms with Gasteiger partial charge in [0.2, 0.25) is 0 Å². The van der Waals surface area contributed by atoms with Crippen molar-refractivity contribution in [2.75, 3.05) is 5.32 Å². The highest BCUT2D eigenvalue weighted by Gasteiger charge is 2.19. The van der Waals surface area contributed by atoms with Crippen LogP contribution in [0.4, 0.5) is 10.2 Å². The fourth-order valence-electron chi connectivity index (χ4n) is 2.09. The predicted octanol–water partition coefficient (Wildman–Crippen LogP) is 3.74. The first-order chi connectivity index (χ1) is 10.5. The third-order valence-corrected chi connectivity index (χ3v) is 3.48. The summed E-state index contributed by atoms with van der Waals surface area (Å²) in [5.41, 5.74) is 1.20. The molecule has 0 aromatic carbocycles. The molecule has 0 spiro atoms. The summed E-state index contributed by atoms with van der Waals surface area (Å²) in [4.78, 5) is 20.5. The van der Waals surface area contributed by atoms with Gasteiger partial charge in [-0.2, -0.15) is 0 Å². The summed E-state index contributed by atoms with van der Waals surface area (Å²) in [6.45, 7) is 1.68. The first-order valence-corrected chi connectivity index (χ1v) is 6.98. The molecule has 5 nitrogen and oxygen atoms in total. The zero-order chi connectivity index (χ0) is 15.9. The second kappa shape index (κ2) is 5.55. The molecule has 0 aliphatic heterocycles. The molecular formula is C14H9Cl2FN4O. The van der Waals surface area contributed by atoms with E-state index in [0.29, 0.717) is 21.4 Å². The number of hydrogen-bond donors (Lipinski definition) is 1. The van der Waals surface area contributed by atoms with Gasteiger partial charge in [0, 0.05) is 6.20 Å². The number of rotatable bonds is 2. The topological polar surface area (TPSA) is 59.3 Å². The molecule has 0 saturated carbocycles. The van der Waals surface area contributed by atoms with E-state index in [9.17, 15) is 9.18 Å². The van der Waals surface area contributed by atoms with E-state index in [-0.39, 0.29) is 11.5 Å². The maximum absolute atomic E-state index is 12.8. The molecule has 1 amide bonds. The number of pyridine rings is 2. The Labute approximate surface area is 134 Å². The zero-order valence-corrected chi connectivity index (χ0v) is 12.8. The van der Waals surface area contributed by atoms with E-state index in [1.165, 1.54) is 16.5 Å². The lowest BCUT2D eigenvalue weighted by molar-refractivity contribution is 0.102. The molecule has 1 N–H and O–H groups in total. The van der Waals surface area contributed by atoms with Crippen LogP contribution in [-0.4, -0.2) is 20.3 Å². The molecule has 3 heterocycles. The second-order valence-electron chi connectivity index (χ2n) is 4.56. The lowest BCUT2D eigenvalue weighted by Crippen LogP contribution is -2.16. The minimum Gasteiger partial charge on any atom is -0.305 e.